The van der Waals surface area contributed by atoms with Gasteiger partial charge in [-0.05, 0) is 73.3 Å². The highest BCUT2D eigenvalue weighted by Gasteiger charge is 2.24. The van der Waals surface area contributed by atoms with Crippen LogP contribution in [0.2, 0.25) is 0 Å². The summed E-state index contributed by atoms with van der Waals surface area (Å²) in [4.78, 5) is 15.6. The maximum Gasteiger partial charge on any atom is 0.205 e. The van der Waals surface area contributed by atoms with Crippen molar-refractivity contribution in [3.05, 3.63) is 53.3 Å². The van der Waals surface area contributed by atoms with E-state index >= 15 is 0 Å². The van der Waals surface area contributed by atoms with Crippen LogP contribution in [-0.2, 0) is 4.74 Å². The van der Waals surface area contributed by atoms with Gasteiger partial charge in [-0.2, -0.15) is 0 Å². The zero-order chi connectivity index (χ0) is 24.9. The van der Waals surface area contributed by atoms with Crippen LogP contribution in [0, 0.1) is 6.92 Å². The third-order valence-corrected chi connectivity index (χ3v) is 6.47. The molecule has 0 saturated carbocycles. The Hall–Kier alpha value is -3.23. The van der Waals surface area contributed by atoms with E-state index in [1.165, 1.54) is 0 Å². The Labute approximate surface area is 206 Å². The summed E-state index contributed by atoms with van der Waals surface area (Å²) < 4.78 is 12.4. The fourth-order valence-electron chi connectivity index (χ4n) is 4.53. The van der Waals surface area contributed by atoms with E-state index in [4.69, 9.17) is 9.47 Å². The average molecular weight is 479 g/mol. The molecule has 1 aliphatic heterocycles. The number of nitrogens with zero attached hydrogens (tertiary/aromatic N) is 4. The summed E-state index contributed by atoms with van der Waals surface area (Å²) in [5.41, 5.74) is 3.40. The lowest BCUT2D eigenvalue weighted by molar-refractivity contribution is 0.0371. The van der Waals surface area contributed by atoms with E-state index < -0.39 is 0 Å². The number of ether oxygens (including phenoxy) is 2. The molecular weight excluding hydrogens is 444 g/mol. The molecule has 1 fully saturated rings. The second-order valence-electron chi connectivity index (χ2n) is 9.24. The number of hydrogen-bond donors (Lipinski definition) is 1. The van der Waals surface area contributed by atoms with Crippen LogP contribution in [0.4, 0.5) is 0 Å². The summed E-state index contributed by atoms with van der Waals surface area (Å²) in [5, 5.41) is 19.5. The van der Waals surface area contributed by atoms with Crippen LogP contribution >= 0.6 is 0 Å². The van der Waals surface area contributed by atoms with Crippen molar-refractivity contribution >= 4 is 5.78 Å². The summed E-state index contributed by atoms with van der Waals surface area (Å²) in [6, 6.07) is 11.1. The third kappa shape index (κ3) is 5.55. The smallest absolute Gasteiger partial charge is 0.205 e. The van der Waals surface area contributed by atoms with Gasteiger partial charge in [-0.3, -0.25) is 14.3 Å². The van der Waals surface area contributed by atoms with Gasteiger partial charge in [0.25, 0.3) is 0 Å². The lowest BCUT2D eigenvalue weighted by Gasteiger charge is -2.26. The molecule has 0 aliphatic carbocycles. The number of aryl methyl sites for hydroxylation is 1. The van der Waals surface area contributed by atoms with Crippen LogP contribution in [0.5, 0.6) is 11.5 Å². The molecule has 4 rings (SSSR count). The molecule has 0 radical (unpaired) electrons. The highest BCUT2D eigenvalue weighted by molar-refractivity contribution is 5.94. The van der Waals surface area contributed by atoms with Crippen molar-refractivity contribution in [2.45, 2.75) is 39.5 Å². The number of phenols is 1. The van der Waals surface area contributed by atoms with Crippen molar-refractivity contribution in [3.8, 4) is 28.6 Å². The maximum atomic E-state index is 13.3. The molecule has 2 aromatic carbocycles. The number of phenolic OH excluding ortho intramolecular Hbond substituents is 1. The van der Waals surface area contributed by atoms with Crippen LogP contribution < -0.4 is 4.74 Å². The lowest BCUT2D eigenvalue weighted by atomic mass is 9.95. The molecule has 8 nitrogen and oxygen atoms in total. The number of rotatable bonds is 9. The summed E-state index contributed by atoms with van der Waals surface area (Å²) in [5.74, 6) is 1.71. The number of carbonyl (C=O) groups is 1. The standard InChI is InChI=1S/C27H34N4O4/c1-18(2)22-17-23(25(33)16-19(22)3)26-28-29-27(31(26)20-7-9-21(34-4)10-8-20)24(32)6-5-11-30-12-14-35-15-13-30/h7-10,16-18,33H,5-6,11-15H2,1-4H3. The minimum absolute atomic E-state index is 0.0801. The van der Waals surface area contributed by atoms with Gasteiger partial charge >= 0.3 is 0 Å². The van der Waals surface area contributed by atoms with E-state index in [0.29, 0.717) is 23.6 Å². The molecule has 0 amide bonds. The van der Waals surface area contributed by atoms with Gasteiger partial charge in [0.15, 0.2) is 5.82 Å². The van der Waals surface area contributed by atoms with Crippen molar-refractivity contribution in [2.75, 3.05) is 40.0 Å². The molecule has 186 valence electrons. The Morgan fingerprint density at radius 3 is 2.51 bits per heavy atom. The van der Waals surface area contributed by atoms with Crippen LogP contribution in [0.15, 0.2) is 36.4 Å². The first-order chi connectivity index (χ1) is 16.9. The van der Waals surface area contributed by atoms with Crippen LogP contribution in [0.25, 0.3) is 17.1 Å². The molecule has 0 atom stereocenters. The first-order valence-corrected chi connectivity index (χ1v) is 12.2. The number of aromatic hydroxyl groups is 1. The first-order valence-electron chi connectivity index (χ1n) is 12.2. The second kappa shape index (κ2) is 11.0. The zero-order valence-electron chi connectivity index (χ0n) is 21.0. The highest BCUT2D eigenvalue weighted by atomic mass is 16.5. The van der Waals surface area contributed by atoms with Gasteiger partial charge < -0.3 is 14.6 Å². The summed E-state index contributed by atoms with van der Waals surface area (Å²) in [6.07, 6.45) is 1.10. The van der Waals surface area contributed by atoms with Gasteiger partial charge in [0, 0.05) is 25.2 Å². The monoisotopic (exact) mass is 478 g/mol. The van der Waals surface area contributed by atoms with Crippen molar-refractivity contribution in [1.29, 1.82) is 0 Å². The molecule has 0 bridgehead atoms. The third-order valence-electron chi connectivity index (χ3n) is 6.47. The predicted octanol–water partition coefficient (Wildman–Crippen LogP) is 4.38. The summed E-state index contributed by atoms with van der Waals surface area (Å²) in [7, 11) is 1.61. The number of hydrogen-bond acceptors (Lipinski definition) is 7. The predicted molar refractivity (Wildman–Crippen MR) is 135 cm³/mol. The quantitative estimate of drug-likeness (QED) is 0.457. The van der Waals surface area contributed by atoms with Crippen molar-refractivity contribution in [1.82, 2.24) is 19.7 Å². The largest absolute Gasteiger partial charge is 0.507 e. The van der Waals surface area contributed by atoms with Gasteiger partial charge in [0.1, 0.15) is 11.5 Å². The lowest BCUT2D eigenvalue weighted by Crippen LogP contribution is -2.37. The Bertz CT molecular complexity index is 1160. The normalized spacial score (nSPS) is 14.4. The Morgan fingerprint density at radius 2 is 1.86 bits per heavy atom. The molecule has 1 N–H and O–H groups in total. The van der Waals surface area contributed by atoms with Crippen molar-refractivity contribution < 1.29 is 19.4 Å². The Morgan fingerprint density at radius 1 is 1.14 bits per heavy atom. The van der Waals surface area contributed by atoms with E-state index in [0.717, 1.165) is 56.1 Å². The van der Waals surface area contributed by atoms with Crippen molar-refractivity contribution in [2.24, 2.45) is 0 Å². The average Bonchev–Trinajstić information content (AvgIpc) is 3.29. The second-order valence-corrected chi connectivity index (χ2v) is 9.24. The topological polar surface area (TPSA) is 89.7 Å². The fourth-order valence-corrected chi connectivity index (χ4v) is 4.53. The summed E-state index contributed by atoms with van der Waals surface area (Å²) in [6.45, 7) is 10.3. The Kier molecular flexibility index (Phi) is 7.83. The van der Waals surface area contributed by atoms with Gasteiger partial charge in [-0.1, -0.05) is 13.8 Å². The highest BCUT2D eigenvalue weighted by Crippen LogP contribution is 2.35. The van der Waals surface area contributed by atoms with Gasteiger partial charge in [-0.25, -0.2) is 0 Å². The van der Waals surface area contributed by atoms with E-state index in [1.54, 1.807) is 17.7 Å². The molecule has 35 heavy (non-hydrogen) atoms. The van der Waals surface area contributed by atoms with Gasteiger partial charge in [0.05, 0.1) is 25.9 Å². The number of Topliss-reactive ketones (excluding diaryl/α,β-unsaturated/α-hetero) is 1. The maximum absolute atomic E-state index is 13.3. The van der Waals surface area contributed by atoms with Crippen LogP contribution in [0.3, 0.4) is 0 Å². The number of aromatic nitrogens is 3. The fraction of sp³-hybridized carbons (Fsp3) is 0.444. The zero-order valence-corrected chi connectivity index (χ0v) is 21.0. The molecular formula is C27H34N4O4. The SMILES string of the molecule is COc1ccc(-n2c(C(=O)CCCN3CCOCC3)nnc2-c2cc(C(C)C)c(C)cc2O)cc1. The van der Waals surface area contributed by atoms with Gasteiger partial charge in [-0.15, -0.1) is 10.2 Å². The summed E-state index contributed by atoms with van der Waals surface area (Å²) >= 11 is 0. The van der Waals surface area contributed by atoms with Gasteiger partial charge in [0.2, 0.25) is 11.6 Å². The molecule has 2 heterocycles. The van der Waals surface area contributed by atoms with Crippen molar-refractivity contribution in [3.63, 3.8) is 0 Å². The van der Waals surface area contributed by atoms with Crippen LogP contribution in [-0.4, -0.2) is 70.5 Å². The number of benzene rings is 2. The minimum atomic E-state index is -0.0801. The molecule has 0 spiro atoms. The Balaban J connectivity index is 1.70. The molecule has 1 aromatic heterocycles. The van der Waals surface area contributed by atoms with E-state index in [-0.39, 0.29) is 23.3 Å². The minimum Gasteiger partial charge on any atom is -0.507 e. The number of morpholine rings is 1. The number of carbonyl (C=O) groups excluding carboxylic acids is 1. The molecule has 1 saturated heterocycles. The molecule has 8 heteroatoms. The first kappa shape index (κ1) is 24.9. The molecule has 3 aromatic rings. The van der Waals surface area contributed by atoms with E-state index in [1.807, 2.05) is 37.3 Å². The van der Waals surface area contributed by atoms with E-state index in [2.05, 4.69) is 28.9 Å². The molecule has 1 aliphatic rings. The molecule has 0 unspecified atom stereocenters. The van der Waals surface area contributed by atoms with E-state index in [9.17, 15) is 9.90 Å². The number of ketones is 1. The van der Waals surface area contributed by atoms with Crippen LogP contribution in [0.1, 0.15) is 54.4 Å². The number of methoxy groups -OCH3 is 1.